The Balaban J connectivity index is 2.31. The number of para-hydroxylation sites is 1. The molecule has 1 aliphatic rings. The van der Waals surface area contributed by atoms with Crippen molar-refractivity contribution in [1.82, 2.24) is 0 Å². The summed E-state index contributed by atoms with van der Waals surface area (Å²) in [5, 5.41) is 0. The van der Waals surface area contributed by atoms with Gasteiger partial charge in [0.25, 0.3) is 5.91 Å². The van der Waals surface area contributed by atoms with Crippen molar-refractivity contribution in [3.05, 3.63) is 30.3 Å². The Hall–Kier alpha value is -1.84. The number of carbonyl (C=O) groups excluding carboxylic acids is 2. The highest BCUT2D eigenvalue weighted by Crippen LogP contribution is 2.23. The maximum absolute atomic E-state index is 11.7. The summed E-state index contributed by atoms with van der Waals surface area (Å²) < 4.78 is 4.93. The van der Waals surface area contributed by atoms with Gasteiger partial charge in [-0.15, -0.1) is 0 Å². The van der Waals surface area contributed by atoms with E-state index in [-0.39, 0.29) is 5.91 Å². The van der Waals surface area contributed by atoms with Crippen LogP contribution in [0.3, 0.4) is 0 Å². The van der Waals surface area contributed by atoms with Crippen molar-refractivity contribution >= 4 is 17.7 Å². The minimum Gasteiger partial charge on any atom is -0.435 e. The van der Waals surface area contributed by atoms with Crippen LogP contribution in [0.1, 0.15) is 13.3 Å². The van der Waals surface area contributed by atoms with Gasteiger partial charge in [-0.2, -0.15) is 0 Å². The fraction of sp³-hybridized carbons (Fsp3) is 0.273. The van der Waals surface area contributed by atoms with Gasteiger partial charge in [0, 0.05) is 0 Å². The first-order chi connectivity index (χ1) is 7.24. The molecular weight excluding hydrogens is 194 g/mol. The van der Waals surface area contributed by atoms with Crippen LogP contribution in [0.2, 0.25) is 0 Å². The van der Waals surface area contributed by atoms with Crippen LogP contribution in [0.15, 0.2) is 30.3 Å². The molecule has 1 aliphatic heterocycles. The lowest BCUT2D eigenvalue weighted by Crippen LogP contribution is -2.30. The van der Waals surface area contributed by atoms with E-state index in [0.717, 1.165) is 4.90 Å². The summed E-state index contributed by atoms with van der Waals surface area (Å²) in [7, 11) is 0. The second kappa shape index (κ2) is 3.73. The van der Waals surface area contributed by atoms with Crippen molar-refractivity contribution in [2.24, 2.45) is 0 Å². The Morgan fingerprint density at radius 3 is 2.47 bits per heavy atom. The molecule has 1 aromatic rings. The summed E-state index contributed by atoms with van der Waals surface area (Å²) in [6.07, 6.45) is -0.704. The number of rotatable bonds is 2. The molecule has 1 atom stereocenters. The standard InChI is InChI=1S/C11H11NO3/c1-2-9-10(13)12(11(14)15-9)8-6-4-3-5-7-8/h3-7,9H,2H2,1H3. The molecule has 1 saturated heterocycles. The number of nitrogens with zero attached hydrogens (tertiary/aromatic N) is 1. The highest BCUT2D eigenvalue weighted by molar-refractivity contribution is 6.18. The van der Waals surface area contributed by atoms with Gasteiger partial charge >= 0.3 is 6.09 Å². The lowest BCUT2D eigenvalue weighted by atomic mass is 10.2. The molecule has 0 radical (unpaired) electrons. The summed E-state index contributed by atoms with van der Waals surface area (Å²) in [6, 6.07) is 8.78. The topological polar surface area (TPSA) is 46.6 Å². The molecule has 1 fully saturated rings. The monoisotopic (exact) mass is 205 g/mol. The van der Waals surface area contributed by atoms with Crippen LogP contribution in [0.4, 0.5) is 10.5 Å². The zero-order valence-electron chi connectivity index (χ0n) is 8.34. The second-order valence-corrected chi connectivity index (χ2v) is 3.29. The van der Waals surface area contributed by atoms with Gasteiger partial charge in [0.1, 0.15) is 0 Å². The first-order valence-corrected chi connectivity index (χ1v) is 4.83. The molecule has 1 heterocycles. The molecule has 78 valence electrons. The SMILES string of the molecule is CCC1OC(=O)N(c2ccccc2)C1=O. The third-order valence-electron chi connectivity index (χ3n) is 2.31. The first kappa shape index (κ1) is 9.71. The van der Waals surface area contributed by atoms with Crippen molar-refractivity contribution in [1.29, 1.82) is 0 Å². The summed E-state index contributed by atoms with van der Waals surface area (Å²) in [5.74, 6) is -0.284. The van der Waals surface area contributed by atoms with Crippen molar-refractivity contribution < 1.29 is 14.3 Å². The lowest BCUT2D eigenvalue weighted by Gasteiger charge is -2.09. The highest BCUT2D eigenvalue weighted by Gasteiger charge is 2.40. The molecule has 0 bridgehead atoms. The fourth-order valence-corrected chi connectivity index (χ4v) is 1.53. The van der Waals surface area contributed by atoms with E-state index >= 15 is 0 Å². The van der Waals surface area contributed by atoms with Gasteiger partial charge in [-0.05, 0) is 18.6 Å². The second-order valence-electron chi connectivity index (χ2n) is 3.29. The number of cyclic esters (lactones) is 1. The van der Waals surface area contributed by atoms with Gasteiger partial charge in [0.05, 0.1) is 5.69 Å². The van der Waals surface area contributed by atoms with Crippen LogP contribution in [-0.4, -0.2) is 18.1 Å². The Morgan fingerprint density at radius 1 is 1.27 bits per heavy atom. The van der Waals surface area contributed by atoms with E-state index in [9.17, 15) is 9.59 Å². The number of imide groups is 1. The van der Waals surface area contributed by atoms with E-state index in [4.69, 9.17) is 4.74 Å². The van der Waals surface area contributed by atoms with Crippen LogP contribution in [0.5, 0.6) is 0 Å². The van der Waals surface area contributed by atoms with E-state index < -0.39 is 12.2 Å². The molecule has 1 aromatic carbocycles. The van der Waals surface area contributed by atoms with Crippen molar-refractivity contribution in [2.45, 2.75) is 19.4 Å². The van der Waals surface area contributed by atoms with Gasteiger partial charge in [-0.1, -0.05) is 25.1 Å². The van der Waals surface area contributed by atoms with E-state index in [1.165, 1.54) is 0 Å². The molecule has 4 heteroatoms. The number of hydrogen-bond donors (Lipinski definition) is 0. The Morgan fingerprint density at radius 2 is 1.93 bits per heavy atom. The highest BCUT2D eigenvalue weighted by atomic mass is 16.6. The molecule has 0 aromatic heterocycles. The maximum Gasteiger partial charge on any atom is 0.422 e. The van der Waals surface area contributed by atoms with Gasteiger partial charge in [0.15, 0.2) is 6.10 Å². The lowest BCUT2D eigenvalue weighted by molar-refractivity contribution is -0.121. The predicted molar refractivity (Wildman–Crippen MR) is 54.5 cm³/mol. The third kappa shape index (κ3) is 1.58. The minimum atomic E-state index is -0.627. The van der Waals surface area contributed by atoms with Crippen LogP contribution in [0.25, 0.3) is 0 Å². The molecule has 0 spiro atoms. The fourth-order valence-electron chi connectivity index (χ4n) is 1.53. The normalized spacial score (nSPS) is 20.6. The Labute approximate surface area is 87.4 Å². The largest absolute Gasteiger partial charge is 0.435 e. The average Bonchev–Trinajstić information content (AvgIpc) is 2.55. The van der Waals surface area contributed by atoms with Crippen LogP contribution < -0.4 is 4.90 Å². The average molecular weight is 205 g/mol. The molecular formula is C11H11NO3. The van der Waals surface area contributed by atoms with E-state index in [1.54, 1.807) is 24.3 Å². The zero-order chi connectivity index (χ0) is 10.8. The maximum atomic E-state index is 11.7. The molecule has 0 N–H and O–H groups in total. The van der Waals surface area contributed by atoms with Gasteiger partial charge in [0.2, 0.25) is 0 Å². The quantitative estimate of drug-likeness (QED) is 0.741. The van der Waals surface area contributed by atoms with E-state index in [1.807, 2.05) is 13.0 Å². The Bertz CT molecular complexity index is 388. The van der Waals surface area contributed by atoms with Gasteiger partial charge in [-0.25, -0.2) is 9.69 Å². The Kier molecular flexibility index (Phi) is 2.41. The van der Waals surface area contributed by atoms with Gasteiger partial charge in [-0.3, -0.25) is 4.79 Å². The zero-order valence-corrected chi connectivity index (χ0v) is 8.34. The summed E-state index contributed by atoms with van der Waals surface area (Å²) in [5.41, 5.74) is 0.559. The van der Waals surface area contributed by atoms with Crippen LogP contribution >= 0.6 is 0 Å². The van der Waals surface area contributed by atoms with Crippen LogP contribution in [-0.2, 0) is 9.53 Å². The number of carbonyl (C=O) groups is 2. The predicted octanol–water partition coefficient (Wildman–Crippen LogP) is 1.95. The van der Waals surface area contributed by atoms with E-state index in [2.05, 4.69) is 0 Å². The molecule has 1 unspecified atom stereocenters. The molecule has 2 rings (SSSR count). The third-order valence-corrected chi connectivity index (χ3v) is 2.31. The van der Waals surface area contributed by atoms with Crippen molar-refractivity contribution in [2.75, 3.05) is 4.90 Å². The van der Waals surface area contributed by atoms with Crippen molar-refractivity contribution in [3.8, 4) is 0 Å². The summed E-state index contributed by atoms with van der Waals surface area (Å²) >= 11 is 0. The molecule has 4 nitrogen and oxygen atoms in total. The van der Waals surface area contributed by atoms with Crippen molar-refractivity contribution in [3.63, 3.8) is 0 Å². The van der Waals surface area contributed by atoms with E-state index in [0.29, 0.717) is 12.1 Å². The number of hydrogen-bond acceptors (Lipinski definition) is 3. The number of ether oxygens (including phenoxy) is 1. The summed E-state index contributed by atoms with van der Waals surface area (Å²) in [4.78, 5) is 24.2. The number of amides is 2. The molecule has 15 heavy (non-hydrogen) atoms. The smallest absolute Gasteiger partial charge is 0.422 e. The van der Waals surface area contributed by atoms with Crippen LogP contribution in [0, 0.1) is 0 Å². The number of benzene rings is 1. The number of anilines is 1. The first-order valence-electron chi connectivity index (χ1n) is 4.83. The molecule has 0 aliphatic carbocycles. The minimum absolute atomic E-state index is 0.284. The van der Waals surface area contributed by atoms with Gasteiger partial charge < -0.3 is 4.74 Å². The summed E-state index contributed by atoms with van der Waals surface area (Å²) in [6.45, 7) is 1.81. The molecule has 0 saturated carbocycles. The molecule has 2 amide bonds.